The number of hydrogen-bond acceptors (Lipinski definition) is 7. The van der Waals surface area contributed by atoms with E-state index in [0.29, 0.717) is 18.7 Å². The Morgan fingerprint density at radius 3 is 3.15 bits per heavy atom. The van der Waals surface area contributed by atoms with Crippen LogP contribution in [0.15, 0.2) is 22.7 Å². The molecule has 1 aromatic heterocycles. The van der Waals surface area contributed by atoms with Crippen molar-refractivity contribution in [2.24, 2.45) is 0 Å². The van der Waals surface area contributed by atoms with E-state index in [2.05, 4.69) is 20.8 Å². The topological polar surface area (TPSA) is 116 Å². The van der Waals surface area contributed by atoms with Crippen LogP contribution in [0, 0.1) is 0 Å². The average Bonchev–Trinajstić information content (AvgIpc) is 3.36. The molecular weight excluding hydrogens is 352 g/mol. The van der Waals surface area contributed by atoms with Crippen LogP contribution < -0.4 is 15.4 Å². The third kappa shape index (κ3) is 4.25. The molecule has 0 spiro atoms. The fourth-order valence-corrected chi connectivity index (χ4v) is 3.08. The predicted molar refractivity (Wildman–Crippen MR) is 93.3 cm³/mol. The molecule has 27 heavy (non-hydrogen) atoms. The van der Waals surface area contributed by atoms with E-state index in [0.717, 1.165) is 37.1 Å². The van der Waals surface area contributed by atoms with Gasteiger partial charge < -0.3 is 24.6 Å². The molecular formula is C18H20N4O5. The number of anilines is 1. The van der Waals surface area contributed by atoms with E-state index in [1.807, 2.05) is 12.1 Å². The molecule has 2 aromatic rings. The number of benzene rings is 1. The summed E-state index contributed by atoms with van der Waals surface area (Å²) in [5.41, 5.74) is 1.83. The standard InChI is InChI=1S/C18H20N4O5/c23-16-6-4-11-3-5-12(8-14(11)20-16)26-10-15-21-18(27-22-15)17(24)19-9-13-2-1-7-25-13/h3,5,8,13H,1-2,4,6-7,9-10H2,(H,19,24)(H,20,23)/t13-/m1/s1. The fourth-order valence-electron chi connectivity index (χ4n) is 3.08. The van der Waals surface area contributed by atoms with Crippen LogP contribution >= 0.6 is 0 Å². The van der Waals surface area contributed by atoms with Crippen LogP contribution in [0.4, 0.5) is 5.69 Å². The van der Waals surface area contributed by atoms with Gasteiger partial charge >= 0.3 is 11.8 Å². The normalized spacial score (nSPS) is 18.7. The molecule has 1 aromatic carbocycles. The van der Waals surface area contributed by atoms with Crippen molar-refractivity contribution < 1.29 is 23.6 Å². The van der Waals surface area contributed by atoms with E-state index in [1.165, 1.54) is 0 Å². The summed E-state index contributed by atoms with van der Waals surface area (Å²) in [6, 6.07) is 5.51. The molecule has 1 fully saturated rings. The van der Waals surface area contributed by atoms with Gasteiger partial charge in [0.1, 0.15) is 5.75 Å². The Labute approximate surface area is 155 Å². The van der Waals surface area contributed by atoms with E-state index in [1.54, 1.807) is 6.07 Å². The first-order valence-corrected chi connectivity index (χ1v) is 8.95. The van der Waals surface area contributed by atoms with Gasteiger partial charge in [0.15, 0.2) is 6.61 Å². The molecule has 0 unspecified atom stereocenters. The third-order valence-electron chi connectivity index (χ3n) is 4.52. The number of carbonyl (C=O) groups excluding carboxylic acids is 2. The van der Waals surface area contributed by atoms with Crippen LogP contribution in [0.3, 0.4) is 0 Å². The molecule has 4 rings (SSSR count). The Morgan fingerprint density at radius 1 is 1.37 bits per heavy atom. The lowest BCUT2D eigenvalue weighted by atomic mass is 10.0. The van der Waals surface area contributed by atoms with Crippen molar-refractivity contribution >= 4 is 17.5 Å². The van der Waals surface area contributed by atoms with Gasteiger partial charge in [-0.25, -0.2) is 0 Å². The number of nitrogens with zero attached hydrogens (tertiary/aromatic N) is 2. The van der Waals surface area contributed by atoms with Crippen LogP contribution in [0.2, 0.25) is 0 Å². The van der Waals surface area contributed by atoms with Crippen molar-refractivity contribution in [3.8, 4) is 5.75 Å². The highest BCUT2D eigenvalue weighted by Crippen LogP contribution is 2.27. The van der Waals surface area contributed by atoms with E-state index in [4.69, 9.17) is 14.0 Å². The Hall–Kier alpha value is -2.94. The van der Waals surface area contributed by atoms with Crippen molar-refractivity contribution in [3.05, 3.63) is 35.5 Å². The third-order valence-corrected chi connectivity index (χ3v) is 4.52. The SMILES string of the molecule is O=C1CCc2ccc(OCc3noc(C(=O)NC[C@H]4CCCO4)n3)cc2N1. The van der Waals surface area contributed by atoms with Gasteiger partial charge in [0.05, 0.1) is 6.10 Å². The van der Waals surface area contributed by atoms with Crippen LogP contribution in [0.1, 0.15) is 41.3 Å². The van der Waals surface area contributed by atoms with Crippen molar-refractivity contribution in [1.82, 2.24) is 15.5 Å². The van der Waals surface area contributed by atoms with Crippen molar-refractivity contribution in [3.63, 3.8) is 0 Å². The van der Waals surface area contributed by atoms with Gasteiger partial charge in [-0.1, -0.05) is 11.2 Å². The second-order valence-corrected chi connectivity index (χ2v) is 6.52. The first-order valence-electron chi connectivity index (χ1n) is 8.95. The summed E-state index contributed by atoms with van der Waals surface area (Å²) in [4.78, 5) is 27.6. The molecule has 1 saturated heterocycles. The number of aryl methyl sites for hydroxylation is 1. The lowest BCUT2D eigenvalue weighted by Crippen LogP contribution is -2.31. The van der Waals surface area contributed by atoms with E-state index < -0.39 is 5.91 Å². The highest BCUT2D eigenvalue weighted by atomic mass is 16.5. The Balaban J connectivity index is 1.31. The number of amides is 2. The van der Waals surface area contributed by atoms with E-state index >= 15 is 0 Å². The second kappa shape index (κ2) is 7.75. The fraction of sp³-hybridized carbons (Fsp3) is 0.444. The first kappa shape index (κ1) is 17.5. The Morgan fingerprint density at radius 2 is 2.30 bits per heavy atom. The second-order valence-electron chi connectivity index (χ2n) is 6.52. The molecule has 1 atom stereocenters. The minimum atomic E-state index is -0.430. The number of carbonyl (C=O) groups is 2. The molecule has 2 amide bonds. The molecule has 9 nitrogen and oxygen atoms in total. The van der Waals surface area contributed by atoms with E-state index in [9.17, 15) is 9.59 Å². The van der Waals surface area contributed by atoms with Gasteiger partial charge in [0.25, 0.3) is 0 Å². The van der Waals surface area contributed by atoms with Gasteiger partial charge in [-0.15, -0.1) is 0 Å². The summed E-state index contributed by atoms with van der Waals surface area (Å²) in [7, 11) is 0. The summed E-state index contributed by atoms with van der Waals surface area (Å²) in [5, 5.41) is 9.31. The number of hydrogen-bond donors (Lipinski definition) is 2. The van der Waals surface area contributed by atoms with Crippen LogP contribution in [0.25, 0.3) is 0 Å². The van der Waals surface area contributed by atoms with Crippen LogP contribution in [-0.4, -0.2) is 41.2 Å². The molecule has 0 bridgehead atoms. The maximum absolute atomic E-state index is 12.0. The molecule has 0 aliphatic carbocycles. The molecule has 2 aliphatic rings. The minimum Gasteiger partial charge on any atom is -0.485 e. The molecule has 142 valence electrons. The van der Waals surface area contributed by atoms with Crippen LogP contribution in [0.5, 0.6) is 5.75 Å². The Bertz CT molecular complexity index is 844. The Kier molecular flexibility index (Phi) is 5.01. The van der Waals surface area contributed by atoms with Crippen molar-refractivity contribution in [2.75, 3.05) is 18.5 Å². The largest absolute Gasteiger partial charge is 0.485 e. The maximum Gasteiger partial charge on any atom is 0.316 e. The lowest BCUT2D eigenvalue weighted by Gasteiger charge is -2.17. The van der Waals surface area contributed by atoms with Crippen molar-refractivity contribution in [2.45, 2.75) is 38.4 Å². The predicted octanol–water partition coefficient (Wildman–Crippen LogP) is 1.44. The average molecular weight is 372 g/mol. The van der Waals surface area contributed by atoms with Crippen molar-refractivity contribution in [1.29, 1.82) is 0 Å². The molecule has 0 saturated carbocycles. The number of ether oxygens (including phenoxy) is 2. The lowest BCUT2D eigenvalue weighted by molar-refractivity contribution is -0.116. The van der Waals surface area contributed by atoms with E-state index in [-0.39, 0.29) is 30.3 Å². The zero-order valence-corrected chi connectivity index (χ0v) is 14.7. The summed E-state index contributed by atoms with van der Waals surface area (Å²) >= 11 is 0. The van der Waals surface area contributed by atoms with Gasteiger partial charge in [0.2, 0.25) is 11.7 Å². The van der Waals surface area contributed by atoms with Gasteiger partial charge in [0, 0.05) is 31.3 Å². The molecule has 0 radical (unpaired) electrons. The first-order chi connectivity index (χ1) is 13.2. The summed E-state index contributed by atoms with van der Waals surface area (Å²) in [6.07, 6.45) is 3.20. The zero-order chi connectivity index (χ0) is 18.6. The number of nitrogens with one attached hydrogen (secondary N) is 2. The summed E-state index contributed by atoms with van der Waals surface area (Å²) in [6.45, 7) is 1.21. The molecule has 3 heterocycles. The maximum atomic E-state index is 12.0. The van der Waals surface area contributed by atoms with Gasteiger partial charge in [-0.05, 0) is 30.9 Å². The minimum absolute atomic E-state index is 0.00326. The molecule has 9 heteroatoms. The smallest absolute Gasteiger partial charge is 0.316 e. The number of rotatable bonds is 6. The number of fused-ring (bicyclic) bond motifs is 1. The summed E-state index contributed by atoms with van der Waals surface area (Å²) < 4.78 is 16.1. The zero-order valence-electron chi connectivity index (χ0n) is 14.7. The number of aromatic nitrogens is 2. The highest BCUT2D eigenvalue weighted by molar-refractivity contribution is 5.94. The van der Waals surface area contributed by atoms with Gasteiger partial charge in [-0.3, -0.25) is 9.59 Å². The quantitative estimate of drug-likeness (QED) is 0.788. The molecule has 2 aliphatic heterocycles. The molecule has 2 N–H and O–H groups in total. The van der Waals surface area contributed by atoms with Crippen LogP contribution in [-0.2, 0) is 22.6 Å². The summed E-state index contributed by atoms with van der Waals surface area (Å²) in [5.74, 6) is 0.297. The van der Waals surface area contributed by atoms with Gasteiger partial charge in [-0.2, -0.15) is 4.98 Å². The highest BCUT2D eigenvalue weighted by Gasteiger charge is 2.20. The monoisotopic (exact) mass is 372 g/mol.